The lowest BCUT2D eigenvalue weighted by atomic mass is 9.85. The van der Waals surface area contributed by atoms with Crippen LogP contribution in [0.25, 0.3) is 38.8 Å². The molecule has 0 spiro atoms. The Balaban J connectivity index is 1.13. The molecule has 0 N–H and O–H groups in total. The summed E-state index contributed by atoms with van der Waals surface area (Å²) >= 11 is 0. The van der Waals surface area contributed by atoms with Gasteiger partial charge in [-0.3, -0.25) is 4.57 Å². The molecule has 0 saturated heterocycles. The van der Waals surface area contributed by atoms with Gasteiger partial charge in [0.1, 0.15) is 12.5 Å². The van der Waals surface area contributed by atoms with E-state index in [4.69, 9.17) is 4.98 Å². The van der Waals surface area contributed by atoms with E-state index in [1.54, 1.807) is 0 Å². The Hall–Kier alpha value is -7.47. The number of rotatable bonds is 10. The van der Waals surface area contributed by atoms with Crippen LogP contribution in [0.15, 0.2) is 212 Å². The second-order valence-electron chi connectivity index (χ2n) is 20.4. The second kappa shape index (κ2) is 17.6. The minimum atomic E-state index is -3.05. The number of benzene rings is 8. The molecule has 4 nitrogen and oxygen atoms in total. The van der Waals surface area contributed by atoms with E-state index in [1.165, 1.54) is 82.1 Å². The SMILES string of the molecule is CC(C)c1cccc(C(C)C)c1-c1ccnc(-n2c3ccccc3c3ccc([Si](c4ccccc4)(c4ccccc4)c4cccc(N5CN(c6cccc(C(C)(C)C)c6)c6ccccc65)c4)cc32)c1. The average molecular weight is 913 g/mol. The van der Waals surface area contributed by atoms with Gasteiger partial charge in [0.15, 0.2) is 8.07 Å². The highest BCUT2D eigenvalue weighted by atomic mass is 28.3. The molecule has 0 atom stereocenters. The maximum absolute atomic E-state index is 5.21. The van der Waals surface area contributed by atoms with Crippen LogP contribution >= 0.6 is 0 Å². The monoisotopic (exact) mass is 912 g/mol. The Labute approximate surface area is 409 Å². The van der Waals surface area contributed by atoms with Gasteiger partial charge in [-0.15, -0.1) is 0 Å². The minimum Gasteiger partial charge on any atom is -0.321 e. The number of fused-ring (bicyclic) bond motifs is 4. The molecule has 11 rings (SSSR count). The van der Waals surface area contributed by atoms with Gasteiger partial charge in [0.2, 0.25) is 0 Å². The van der Waals surface area contributed by atoms with E-state index in [2.05, 4.69) is 269 Å². The highest BCUT2D eigenvalue weighted by molar-refractivity contribution is 7.20. The number of anilines is 4. The third-order valence-electron chi connectivity index (χ3n) is 14.5. The van der Waals surface area contributed by atoms with Crippen molar-refractivity contribution in [3.8, 4) is 16.9 Å². The van der Waals surface area contributed by atoms with Crippen molar-refractivity contribution in [1.82, 2.24) is 9.55 Å². The van der Waals surface area contributed by atoms with Gasteiger partial charge in [-0.1, -0.05) is 194 Å². The van der Waals surface area contributed by atoms with Gasteiger partial charge in [-0.25, -0.2) is 4.98 Å². The summed E-state index contributed by atoms with van der Waals surface area (Å²) in [4.78, 5) is 10.2. The smallest absolute Gasteiger partial charge is 0.179 e. The van der Waals surface area contributed by atoms with Crippen molar-refractivity contribution in [2.75, 3.05) is 16.5 Å². The lowest BCUT2D eigenvalue weighted by Crippen LogP contribution is -2.74. The van der Waals surface area contributed by atoms with Crippen molar-refractivity contribution in [2.45, 2.75) is 65.7 Å². The molecule has 3 heterocycles. The Morgan fingerprint density at radius 3 is 1.64 bits per heavy atom. The zero-order chi connectivity index (χ0) is 47.4. The van der Waals surface area contributed by atoms with Crippen LogP contribution in [0.3, 0.4) is 0 Å². The van der Waals surface area contributed by atoms with Crippen molar-refractivity contribution in [3.05, 3.63) is 229 Å². The first-order valence-corrected chi connectivity index (χ1v) is 26.6. The number of hydrogen-bond acceptors (Lipinski definition) is 3. The minimum absolute atomic E-state index is 0.0429. The largest absolute Gasteiger partial charge is 0.321 e. The number of para-hydroxylation sites is 3. The molecule has 2 aromatic heterocycles. The van der Waals surface area contributed by atoms with Crippen molar-refractivity contribution in [2.24, 2.45) is 0 Å². The van der Waals surface area contributed by atoms with E-state index >= 15 is 0 Å². The summed E-state index contributed by atoms with van der Waals surface area (Å²) in [5.74, 6) is 1.68. The Morgan fingerprint density at radius 1 is 0.464 bits per heavy atom. The summed E-state index contributed by atoms with van der Waals surface area (Å²) < 4.78 is 2.42. The first-order chi connectivity index (χ1) is 33.5. The van der Waals surface area contributed by atoms with Crippen LogP contribution in [0.2, 0.25) is 0 Å². The highest BCUT2D eigenvalue weighted by Crippen LogP contribution is 2.45. The summed E-state index contributed by atoms with van der Waals surface area (Å²) in [6.45, 7) is 16.8. The van der Waals surface area contributed by atoms with Gasteiger partial charge in [0, 0.05) is 28.3 Å². The molecule has 1 aliphatic rings. The summed E-state index contributed by atoms with van der Waals surface area (Å²) in [6, 6.07) is 77.6. The molecule has 10 aromatic rings. The second-order valence-corrected chi connectivity index (χ2v) is 24.2. The van der Waals surface area contributed by atoms with E-state index in [-0.39, 0.29) is 5.41 Å². The molecule has 0 fully saturated rings. The van der Waals surface area contributed by atoms with Crippen LogP contribution in [0, 0.1) is 0 Å². The van der Waals surface area contributed by atoms with Gasteiger partial charge < -0.3 is 9.80 Å². The van der Waals surface area contributed by atoms with Gasteiger partial charge in [-0.2, -0.15) is 0 Å². The molecular weight excluding hydrogens is 853 g/mol. The van der Waals surface area contributed by atoms with Gasteiger partial charge in [-0.05, 0) is 126 Å². The lowest BCUT2D eigenvalue weighted by molar-refractivity contribution is 0.590. The first kappa shape index (κ1) is 44.1. The number of nitrogens with zero attached hydrogens (tertiary/aromatic N) is 4. The maximum atomic E-state index is 5.21. The molecule has 0 radical (unpaired) electrons. The molecule has 340 valence electrons. The lowest BCUT2D eigenvalue weighted by Gasteiger charge is -2.35. The van der Waals surface area contributed by atoms with Crippen LogP contribution in [0.5, 0.6) is 0 Å². The molecule has 0 bridgehead atoms. The van der Waals surface area contributed by atoms with Crippen LogP contribution in [-0.4, -0.2) is 24.3 Å². The van der Waals surface area contributed by atoms with E-state index in [0.29, 0.717) is 18.5 Å². The third-order valence-corrected chi connectivity index (χ3v) is 19.3. The standard InChI is InChI=1S/C64H60N4Si/c1-44(2)54-30-20-31-55(45(3)4)63(54)46-37-38-65-62(39-46)68-58-32-15-14-29-56(58)57-36-35-53(42-61(57)68)69(50-24-10-8-11-25-50,51-26-12-9-13-27-51)52-28-19-23-49(41-52)67-43-66(59-33-16-17-34-60(59)67)48-22-18-21-47(40-48)64(5,6)7/h8-42,44-45H,43H2,1-7H3. The Morgan fingerprint density at radius 2 is 1.00 bits per heavy atom. The maximum Gasteiger partial charge on any atom is 0.179 e. The predicted molar refractivity (Wildman–Crippen MR) is 297 cm³/mol. The van der Waals surface area contributed by atoms with Gasteiger partial charge in [0.25, 0.3) is 0 Å². The zero-order valence-corrected chi connectivity index (χ0v) is 41.9. The van der Waals surface area contributed by atoms with E-state index < -0.39 is 8.07 Å². The zero-order valence-electron chi connectivity index (χ0n) is 40.9. The third kappa shape index (κ3) is 7.57. The topological polar surface area (TPSA) is 24.3 Å². The van der Waals surface area contributed by atoms with Crippen LogP contribution in [0.1, 0.15) is 77.0 Å². The number of hydrogen-bond donors (Lipinski definition) is 0. The van der Waals surface area contributed by atoms with Crippen molar-refractivity contribution in [1.29, 1.82) is 0 Å². The molecule has 0 amide bonds. The molecular formula is C64H60N4Si. The van der Waals surface area contributed by atoms with Crippen molar-refractivity contribution < 1.29 is 0 Å². The molecule has 5 heteroatoms. The van der Waals surface area contributed by atoms with Crippen LogP contribution < -0.4 is 30.5 Å². The van der Waals surface area contributed by atoms with Crippen LogP contribution in [-0.2, 0) is 5.41 Å². The number of pyridine rings is 1. The first-order valence-electron chi connectivity index (χ1n) is 24.6. The van der Waals surface area contributed by atoms with Crippen LogP contribution in [0.4, 0.5) is 22.7 Å². The number of aromatic nitrogens is 2. The molecule has 8 aromatic carbocycles. The summed E-state index contributed by atoms with van der Waals surface area (Å²) in [7, 11) is -3.05. The fourth-order valence-corrected chi connectivity index (χ4v) is 15.9. The molecule has 0 aliphatic carbocycles. The van der Waals surface area contributed by atoms with E-state index in [1.807, 2.05) is 6.20 Å². The summed E-state index contributed by atoms with van der Waals surface area (Å²) in [5.41, 5.74) is 13.7. The van der Waals surface area contributed by atoms with Crippen molar-refractivity contribution in [3.63, 3.8) is 0 Å². The van der Waals surface area contributed by atoms with Gasteiger partial charge in [0.05, 0.1) is 22.4 Å². The Bertz CT molecular complexity index is 3420. The fraction of sp³-hybridized carbons (Fsp3) is 0.172. The van der Waals surface area contributed by atoms with Crippen molar-refractivity contribution >= 4 is 73.4 Å². The summed E-state index contributed by atoms with van der Waals surface area (Å²) in [6.07, 6.45) is 2.01. The predicted octanol–water partition coefficient (Wildman–Crippen LogP) is 14.0. The quantitative estimate of drug-likeness (QED) is 0.101. The molecule has 69 heavy (non-hydrogen) atoms. The molecule has 0 saturated carbocycles. The molecule has 1 aliphatic heterocycles. The highest BCUT2D eigenvalue weighted by Gasteiger charge is 2.42. The van der Waals surface area contributed by atoms with E-state index in [0.717, 1.165) is 16.9 Å². The average Bonchev–Trinajstić information content (AvgIpc) is 3.93. The van der Waals surface area contributed by atoms with E-state index in [9.17, 15) is 0 Å². The Kier molecular flexibility index (Phi) is 11.2. The normalized spacial score (nSPS) is 13.0. The van der Waals surface area contributed by atoms with Gasteiger partial charge >= 0.3 is 0 Å². The molecule has 0 unspecified atom stereocenters. The fourth-order valence-electron chi connectivity index (χ4n) is 11.1. The summed E-state index contributed by atoms with van der Waals surface area (Å²) in [5, 5.41) is 7.76.